The van der Waals surface area contributed by atoms with Crippen molar-refractivity contribution in [1.29, 1.82) is 0 Å². The quantitative estimate of drug-likeness (QED) is 0.402. The van der Waals surface area contributed by atoms with Crippen LogP contribution in [0.5, 0.6) is 5.75 Å². The molecule has 0 radical (unpaired) electrons. The second kappa shape index (κ2) is 10.8. The molecule has 0 aromatic heterocycles. The van der Waals surface area contributed by atoms with E-state index in [-0.39, 0.29) is 35.3 Å². The van der Waals surface area contributed by atoms with E-state index in [4.69, 9.17) is 0 Å². The number of hydrogen-bond acceptors (Lipinski definition) is 5. The number of phenols is 1. The monoisotopic (exact) mass is 395 g/mol. The summed E-state index contributed by atoms with van der Waals surface area (Å²) in [4.78, 5) is 36.2. The summed E-state index contributed by atoms with van der Waals surface area (Å²) < 4.78 is 0. The lowest BCUT2D eigenvalue weighted by molar-refractivity contribution is -0.132. The first-order chi connectivity index (χ1) is 12.6. The molecule has 3 atom stereocenters. The minimum atomic E-state index is -0.797. The molecule has 3 amide bonds. The van der Waals surface area contributed by atoms with E-state index >= 15 is 0 Å². The summed E-state index contributed by atoms with van der Waals surface area (Å²) in [5.41, 5.74) is 0.978. The Morgan fingerprint density at radius 3 is 2.07 bits per heavy atom. The Hall–Kier alpha value is -2.22. The Labute approximate surface area is 165 Å². The highest BCUT2D eigenvalue weighted by Gasteiger charge is 2.28. The van der Waals surface area contributed by atoms with Crippen molar-refractivity contribution in [3.8, 4) is 5.75 Å². The zero-order chi connectivity index (χ0) is 20.6. The molecule has 0 aliphatic carbocycles. The van der Waals surface area contributed by atoms with Crippen LogP contribution in [0.1, 0.15) is 33.3 Å². The van der Waals surface area contributed by atoms with Gasteiger partial charge in [-0.1, -0.05) is 26.0 Å². The summed E-state index contributed by atoms with van der Waals surface area (Å²) >= 11 is 4.08. The summed E-state index contributed by atoms with van der Waals surface area (Å²) in [7, 11) is 0. The van der Waals surface area contributed by atoms with Gasteiger partial charge in [0.1, 0.15) is 17.8 Å². The van der Waals surface area contributed by atoms with Gasteiger partial charge < -0.3 is 21.1 Å². The standard InChI is InChI=1S/C19H29N3O4S/c1-11(2)17(22-18(25)16(10-27)21-13(4)23)19(26)20-12(3)9-14-5-7-15(24)8-6-14/h5-8,11-12,16-17,24,27H,9-10H2,1-4H3,(H,20,26)(H,21,23)(H,22,25). The first kappa shape index (κ1) is 22.8. The molecule has 0 fully saturated rings. The van der Waals surface area contributed by atoms with Gasteiger partial charge in [-0.3, -0.25) is 14.4 Å². The number of aromatic hydroxyl groups is 1. The number of benzene rings is 1. The Balaban J connectivity index is 2.69. The Morgan fingerprint density at radius 1 is 1.00 bits per heavy atom. The molecule has 0 bridgehead atoms. The molecule has 3 unspecified atom stereocenters. The van der Waals surface area contributed by atoms with Crippen molar-refractivity contribution in [2.24, 2.45) is 5.92 Å². The van der Waals surface area contributed by atoms with E-state index in [0.717, 1.165) is 5.56 Å². The minimum Gasteiger partial charge on any atom is -0.508 e. The number of carbonyl (C=O) groups excluding carboxylic acids is 3. The van der Waals surface area contributed by atoms with E-state index < -0.39 is 18.0 Å². The average Bonchev–Trinajstić information content (AvgIpc) is 2.58. The summed E-state index contributed by atoms with van der Waals surface area (Å²) in [5.74, 6) is -0.874. The van der Waals surface area contributed by atoms with Crippen LogP contribution in [0, 0.1) is 5.92 Å². The normalized spacial score (nSPS) is 14.1. The highest BCUT2D eigenvalue weighted by Crippen LogP contribution is 2.11. The maximum atomic E-state index is 12.6. The topological polar surface area (TPSA) is 108 Å². The lowest BCUT2D eigenvalue weighted by atomic mass is 10.0. The molecule has 1 aromatic rings. The van der Waals surface area contributed by atoms with Crippen LogP contribution in [-0.4, -0.2) is 46.7 Å². The molecule has 0 aliphatic heterocycles. The third kappa shape index (κ3) is 7.90. The van der Waals surface area contributed by atoms with Crippen molar-refractivity contribution >= 4 is 30.4 Å². The molecule has 27 heavy (non-hydrogen) atoms. The van der Waals surface area contributed by atoms with Gasteiger partial charge in [-0.15, -0.1) is 0 Å². The first-order valence-electron chi connectivity index (χ1n) is 8.90. The highest BCUT2D eigenvalue weighted by molar-refractivity contribution is 7.80. The molecular formula is C19H29N3O4S. The van der Waals surface area contributed by atoms with Gasteiger partial charge in [0.25, 0.3) is 0 Å². The molecule has 0 spiro atoms. The lowest BCUT2D eigenvalue weighted by Gasteiger charge is -2.26. The lowest BCUT2D eigenvalue weighted by Crippen LogP contribution is -2.56. The first-order valence-corrected chi connectivity index (χ1v) is 9.53. The average molecular weight is 396 g/mol. The van der Waals surface area contributed by atoms with Crippen molar-refractivity contribution < 1.29 is 19.5 Å². The zero-order valence-electron chi connectivity index (χ0n) is 16.2. The molecule has 0 saturated carbocycles. The Bertz CT molecular complexity index is 649. The van der Waals surface area contributed by atoms with Gasteiger partial charge in [0.05, 0.1) is 0 Å². The summed E-state index contributed by atoms with van der Waals surface area (Å²) in [6.07, 6.45) is 0.593. The van der Waals surface area contributed by atoms with Gasteiger partial charge in [-0.25, -0.2) is 0 Å². The molecule has 0 aliphatic rings. The van der Waals surface area contributed by atoms with E-state index in [0.29, 0.717) is 6.42 Å². The fourth-order valence-electron chi connectivity index (χ4n) is 2.60. The number of phenolic OH excluding ortho intramolecular Hbond substituents is 1. The van der Waals surface area contributed by atoms with Crippen LogP contribution < -0.4 is 16.0 Å². The zero-order valence-corrected chi connectivity index (χ0v) is 17.0. The summed E-state index contributed by atoms with van der Waals surface area (Å²) in [5, 5.41) is 17.4. The van der Waals surface area contributed by atoms with Crippen molar-refractivity contribution in [3.05, 3.63) is 29.8 Å². The summed E-state index contributed by atoms with van der Waals surface area (Å²) in [6.45, 7) is 6.87. The number of nitrogens with one attached hydrogen (secondary N) is 3. The van der Waals surface area contributed by atoms with Gasteiger partial charge in [0, 0.05) is 18.7 Å². The Kier molecular flexibility index (Phi) is 9.14. The van der Waals surface area contributed by atoms with Gasteiger partial charge in [0.2, 0.25) is 17.7 Å². The molecule has 150 valence electrons. The van der Waals surface area contributed by atoms with E-state index in [1.807, 2.05) is 20.8 Å². The second-order valence-electron chi connectivity index (χ2n) is 6.95. The van der Waals surface area contributed by atoms with Crippen molar-refractivity contribution in [3.63, 3.8) is 0 Å². The largest absolute Gasteiger partial charge is 0.508 e. The summed E-state index contributed by atoms with van der Waals surface area (Å²) in [6, 6.07) is 5.11. The number of carbonyl (C=O) groups is 3. The van der Waals surface area contributed by atoms with Crippen LogP contribution in [0.4, 0.5) is 0 Å². The van der Waals surface area contributed by atoms with Crippen molar-refractivity contribution in [2.75, 3.05) is 5.75 Å². The van der Waals surface area contributed by atoms with Crippen molar-refractivity contribution in [1.82, 2.24) is 16.0 Å². The maximum Gasteiger partial charge on any atom is 0.244 e. The van der Waals surface area contributed by atoms with Crippen LogP contribution in [0.15, 0.2) is 24.3 Å². The SMILES string of the molecule is CC(=O)NC(CS)C(=O)NC(C(=O)NC(C)Cc1ccc(O)cc1)C(C)C. The molecule has 7 nitrogen and oxygen atoms in total. The van der Waals surface area contributed by atoms with Gasteiger partial charge in [-0.05, 0) is 37.0 Å². The molecule has 4 N–H and O–H groups in total. The van der Waals surface area contributed by atoms with E-state index in [9.17, 15) is 19.5 Å². The molecule has 1 rings (SSSR count). The third-order valence-electron chi connectivity index (χ3n) is 3.99. The highest BCUT2D eigenvalue weighted by atomic mass is 32.1. The third-order valence-corrected chi connectivity index (χ3v) is 4.36. The minimum absolute atomic E-state index is 0.132. The van der Waals surface area contributed by atoms with Crippen LogP contribution in [0.25, 0.3) is 0 Å². The van der Waals surface area contributed by atoms with E-state index in [1.54, 1.807) is 24.3 Å². The second-order valence-corrected chi connectivity index (χ2v) is 7.31. The molecular weight excluding hydrogens is 366 g/mol. The molecule has 1 aromatic carbocycles. The number of thiol groups is 1. The van der Waals surface area contributed by atoms with E-state index in [1.165, 1.54) is 6.92 Å². The van der Waals surface area contributed by atoms with Gasteiger partial charge >= 0.3 is 0 Å². The molecule has 0 heterocycles. The van der Waals surface area contributed by atoms with Crippen LogP contribution in [0.2, 0.25) is 0 Å². The fourth-order valence-corrected chi connectivity index (χ4v) is 2.85. The molecule has 8 heteroatoms. The number of amides is 3. The van der Waals surface area contributed by atoms with Crippen LogP contribution in [-0.2, 0) is 20.8 Å². The van der Waals surface area contributed by atoms with Gasteiger partial charge in [-0.2, -0.15) is 12.6 Å². The van der Waals surface area contributed by atoms with E-state index in [2.05, 4.69) is 28.6 Å². The maximum absolute atomic E-state index is 12.6. The predicted molar refractivity (Wildman–Crippen MR) is 108 cm³/mol. The van der Waals surface area contributed by atoms with Gasteiger partial charge in [0.15, 0.2) is 0 Å². The predicted octanol–water partition coefficient (Wildman–Crippen LogP) is 1.01. The number of hydrogen-bond donors (Lipinski definition) is 5. The molecule has 0 saturated heterocycles. The smallest absolute Gasteiger partial charge is 0.244 e. The van der Waals surface area contributed by atoms with Crippen LogP contribution >= 0.6 is 12.6 Å². The number of rotatable bonds is 9. The Morgan fingerprint density at radius 2 is 1.59 bits per heavy atom. The van der Waals surface area contributed by atoms with Crippen molar-refractivity contribution in [2.45, 2.75) is 52.2 Å². The fraction of sp³-hybridized carbons (Fsp3) is 0.526. The van der Waals surface area contributed by atoms with Crippen LogP contribution in [0.3, 0.4) is 0 Å².